The van der Waals surface area contributed by atoms with Crippen LogP contribution in [0.25, 0.3) is 0 Å². The van der Waals surface area contributed by atoms with Crippen LogP contribution in [0.2, 0.25) is 0 Å². The topological polar surface area (TPSA) is 52.9 Å². The summed E-state index contributed by atoms with van der Waals surface area (Å²) in [5.41, 5.74) is 0.0666. The summed E-state index contributed by atoms with van der Waals surface area (Å²) >= 11 is 0. The third-order valence-corrected chi connectivity index (χ3v) is 3.33. The predicted octanol–water partition coefficient (Wildman–Crippen LogP) is 2.32. The molecule has 2 rings (SSSR count). The smallest absolute Gasteiger partial charge is 0.225 e. The summed E-state index contributed by atoms with van der Waals surface area (Å²) in [5, 5.41) is 12.0. The SMILES string of the molecule is N#CC1(NC(=O)Cc2ccc(F)cc2)CCCC1. The number of hydrogen-bond donors (Lipinski definition) is 1. The Hall–Kier alpha value is -1.89. The molecule has 94 valence electrons. The number of carbonyl (C=O) groups is 1. The van der Waals surface area contributed by atoms with E-state index in [1.54, 1.807) is 12.1 Å². The molecule has 1 aromatic carbocycles. The van der Waals surface area contributed by atoms with Crippen LogP contribution >= 0.6 is 0 Å². The fraction of sp³-hybridized carbons (Fsp3) is 0.429. The molecule has 3 nitrogen and oxygen atoms in total. The molecule has 0 unspecified atom stereocenters. The number of carbonyl (C=O) groups excluding carboxylic acids is 1. The van der Waals surface area contributed by atoms with Gasteiger partial charge in [-0.3, -0.25) is 4.79 Å². The molecule has 0 saturated heterocycles. The number of halogens is 1. The minimum atomic E-state index is -0.683. The van der Waals surface area contributed by atoms with Crippen molar-refractivity contribution < 1.29 is 9.18 Å². The minimum Gasteiger partial charge on any atom is -0.338 e. The number of nitrogens with one attached hydrogen (secondary N) is 1. The van der Waals surface area contributed by atoms with Crippen LogP contribution in [0.15, 0.2) is 24.3 Å². The maximum atomic E-state index is 12.7. The van der Waals surface area contributed by atoms with Crippen LogP contribution in [0.4, 0.5) is 4.39 Å². The number of nitrogens with zero attached hydrogens (tertiary/aromatic N) is 1. The molecule has 0 heterocycles. The summed E-state index contributed by atoms with van der Waals surface area (Å²) in [4.78, 5) is 11.9. The molecule has 18 heavy (non-hydrogen) atoms. The van der Waals surface area contributed by atoms with Crippen molar-refractivity contribution in [2.24, 2.45) is 0 Å². The lowest BCUT2D eigenvalue weighted by atomic mass is 9.99. The predicted molar refractivity (Wildman–Crippen MR) is 65.1 cm³/mol. The van der Waals surface area contributed by atoms with Crippen LogP contribution in [-0.2, 0) is 11.2 Å². The normalized spacial score (nSPS) is 17.1. The van der Waals surface area contributed by atoms with Gasteiger partial charge in [0.15, 0.2) is 0 Å². The molecular formula is C14H15FN2O. The van der Waals surface area contributed by atoms with E-state index in [4.69, 9.17) is 5.26 Å². The summed E-state index contributed by atoms with van der Waals surface area (Å²) in [6, 6.07) is 8.05. The largest absolute Gasteiger partial charge is 0.338 e. The van der Waals surface area contributed by atoms with Gasteiger partial charge in [-0.25, -0.2) is 4.39 Å². The first-order valence-electron chi connectivity index (χ1n) is 6.10. The highest BCUT2D eigenvalue weighted by Gasteiger charge is 2.35. The van der Waals surface area contributed by atoms with Gasteiger partial charge in [0.05, 0.1) is 12.5 Å². The Morgan fingerprint density at radius 2 is 1.94 bits per heavy atom. The quantitative estimate of drug-likeness (QED) is 0.889. The van der Waals surface area contributed by atoms with Crippen molar-refractivity contribution in [3.63, 3.8) is 0 Å². The first kappa shape index (κ1) is 12.6. The highest BCUT2D eigenvalue weighted by molar-refractivity contribution is 5.79. The zero-order valence-corrected chi connectivity index (χ0v) is 10.1. The summed E-state index contributed by atoms with van der Waals surface area (Å²) in [7, 11) is 0. The fourth-order valence-corrected chi connectivity index (χ4v) is 2.34. The van der Waals surface area contributed by atoms with Crippen molar-refractivity contribution in [3.05, 3.63) is 35.6 Å². The van der Waals surface area contributed by atoms with Gasteiger partial charge >= 0.3 is 0 Å². The van der Waals surface area contributed by atoms with E-state index < -0.39 is 5.54 Å². The van der Waals surface area contributed by atoms with Crippen molar-refractivity contribution in [2.45, 2.75) is 37.6 Å². The van der Waals surface area contributed by atoms with Crippen molar-refractivity contribution in [3.8, 4) is 6.07 Å². The summed E-state index contributed by atoms with van der Waals surface area (Å²) in [6.45, 7) is 0. The lowest BCUT2D eigenvalue weighted by Gasteiger charge is -2.21. The van der Waals surface area contributed by atoms with Gasteiger partial charge in [-0.1, -0.05) is 12.1 Å². The van der Waals surface area contributed by atoms with Crippen molar-refractivity contribution >= 4 is 5.91 Å². The van der Waals surface area contributed by atoms with Crippen LogP contribution in [0, 0.1) is 17.1 Å². The molecule has 1 saturated carbocycles. The molecule has 1 N–H and O–H groups in total. The van der Waals surface area contributed by atoms with Crippen LogP contribution in [0.5, 0.6) is 0 Å². The highest BCUT2D eigenvalue weighted by Crippen LogP contribution is 2.28. The Bertz CT molecular complexity index is 470. The van der Waals surface area contributed by atoms with Gasteiger partial charge in [0.2, 0.25) is 5.91 Å². The summed E-state index contributed by atoms with van der Waals surface area (Å²) in [5.74, 6) is -0.492. The zero-order chi connectivity index (χ0) is 13.0. The number of benzene rings is 1. The van der Waals surface area contributed by atoms with Gasteiger partial charge in [-0.2, -0.15) is 5.26 Å². The van der Waals surface area contributed by atoms with Crippen LogP contribution in [0.1, 0.15) is 31.2 Å². The molecule has 0 spiro atoms. The van der Waals surface area contributed by atoms with Crippen LogP contribution < -0.4 is 5.32 Å². The van der Waals surface area contributed by atoms with E-state index in [9.17, 15) is 9.18 Å². The molecule has 0 aromatic heterocycles. The van der Waals surface area contributed by atoms with E-state index in [0.717, 1.165) is 31.2 Å². The zero-order valence-electron chi connectivity index (χ0n) is 10.1. The third kappa shape index (κ3) is 2.86. The first-order chi connectivity index (χ1) is 8.63. The van der Waals surface area contributed by atoms with Gasteiger partial charge in [0, 0.05) is 0 Å². The van der Waals surface area contributed by atoms with E-state index in [-0.39, 0.29) is 18.1 Å². The van der Waals surface area contributed by atoms with E-state index in [1.807, 2.05) is 0 Å². The molecular weight excluding hydrogens is 231 g/mol. The number of amides is 1. The Morgan fingerprint density at radius 1 is 1.33 bits per heavy atom. The first-order valence-corrected chi connectivity index (χ1v) is 6.10. The second kappa shape index (κ2) is 5.18. The van der Waals surface area contributed by atoms with Crippen LogP contribution in [0.3, 0.4) is 0 Å². The van der Waals surface area contributed by atoms with Gasteiger partial charge < -0.3 is 5.32 Å². The maximum absolute atomic E-state index is 12.7. The molecule has 1 aromatic rings. The second-order valence-corrected chi connectivity index (χ2v) is 4.75. The standard InChI is InChI=1S/C14H15FN2O/c15-12-5-3-11(4-6-12)9-13(18)17-14(10-16)7-1-2-8-14/h3-6H,1-2,7-9H2,(H,17,18). The molecule has 4 heteroatoms. The second-order valence-electron chi connectivity index (χ2n) is 4.75. The molecule has 0 bridgehead atoms. The van der Waals surface area contributed by atoms with E-state index >= 15 is 0 Å². The summed E-state index contributed by atoms with van der Waals surface area (Å²) < 4.78 is 12.7. The Labute approximate surface area is 106 Å². The van der Waals surface area contributed by atoms with Gasteiger partial charge in [0.25, 0.3) is 0 Å². The molecule has 1 aliphatic carbocycles. The van der Waals surface area contributed by atoms with Crippen molar-refractivity contribution in [2.75, 3.05) is 0 Å². The number of hydrogen-bond acceptors (Lipinski definition) is 2. The minimum absolute atomic E-state index is 0.176. The number of nitriles is 1. The molecule has 1 aliphatic rings. The molecule has 1 fully saturated rings. The number of rotatable bonds is 3. The average molecular weight is 246 g/mol. The molecule has 0 atom stereocenters. The maximum Gasteiger partial charge on any atom is 0.225 e. The Morgan fingerprint density at radius 3 is 2.50 bits per heavy atom. The third-order valence-electron chi connectivity index (χ3n) is 3.33. The Kier molecular flexibility index (Phi) is 3.61. The Balaban J connectivity index is 1.96. The molecule has 0 aliphatic heterocycles. The average Bonchev–Trinajstić information content (AvgIpc) is 2.81. The van der Waals surface area contributed by atoms with E-state index in [1.165, 1.54) is 12.1 Å². The van der Waals surface area contributed by atoms with E-state index in [2.05, 4.69) is 11.4 Å². The lowest BCUT2D eigenvalue weighted by Crippen LogP contribution is -2.45. The highest BCUT2D eigenvalue weighted by atomic mass is 19.1. The van der Waals surface area contributed by atoms with Gasteiger partial charge in [-0.15, -0.1) is 0 Å². The lowest BCUT2D eigenvalue weighted by molar-refractivity contribution is -0.121. The van der Waals surface area contributed by atoms with Crippen LogP contribution in [-0.4, -0.2) is 11.4 Å². The van der Waals surface area contributed by atoms with E-state index in [0.29, 0.717) is 0 Å². The monoisotopic (exact) mass is 246 g/mol. The van der Waals surface area contributed by atoms with Gasteiger partial charge in [0.1, 0.15) is 11.4 Å². The molecule has 1 amide bonds. The molecule has 0 radical (unpaired) electrons. The summed E-state index contributed by atoms with van der Waals surface area (Å²) in [6.07, 6.45) is 3.58. The van der Waals surface area contributed by atoms with Crippen molar-refractivity contribution in [1.29, 1.82) is 5.26 Å². The van der Waals surface area contributed by atoms with Gasteiger partial charge in [-0.05, 0) is 43.4 Å². The van der Waals surface area contributed by atoms with Crippen molar-refractivity contribution in [1.82, 2.24) is 5.32 Å². The fourth-order valence-electron chi connectivity index (χ4n) is 2.34.